The van der Waals surface area contributed by atoms with Crippen LogP contribution in [0.4, 0.5) is 5.69 Å². The van der Waals surface area contributed by atoms with Crippen molar-refractivity contribution >= 4 is 5.69 Å². The third-order valence-electron chi connectivity index (χ3n) is 2.99. The molecule has 0 spiro atoms. The lowest BCUT2D eigenvalue weighted by atomic mass is 10.1. The Hall–Kier alpha value is -2.82. The van der Waals surface area contributed by atoms with Crippen molar-refractivity contribution < 1.29 is 4.74 Å². The fourth-order valence-electron chi connectivity index (χ4n) is 2.04. The molecule has 2 N–H and O–H groups in total. The number of hydrogen-bond acceptors (Lipinski definition) is 4. The Morgan fingerprint density at radius 2 is 1.90 bits per heavy atom. The number of methoxy groups -OCH3 is 1. The van der Waals surface area contributed by atoms with Gasteiger partial charge in [0, 0.05) is 11.8 Å². The lowest BCUT2D eigenvalue weighted by Crippen LogP contribution is -1.97. The third kappa shape index (κ3) is 2.09. The smallest absolute Gasteiger partial charge is 0.153 e. The summed E-state index contributed by atoms with van der Waals surface area (Å²) in [6, 6.07) is 13.3. The predicted molar refractivity (Wildman–Crippen MR) is 77.8 cm³/mol. The summed E-state index contributed by atoms with van der Waals surface area (Å²) >= 11 is 0. The summed E-state index contributed by atoms with van der Waals surface area (Å²) in [7, 11) is 1.63. The first-order chi connectivity index (χ1) is 9.79. The number of hydrogen-bond donors (Lipinski definition) is 1. The summed E-state index contributed by atoms with van der Waals surface area (Å²) in [5.74, 6) is 1.46. The minimum Gasteiger partial charge on any atom is -0.496 e. The van der Waals surface area contributed by atoms with Crippen molar-refractivity contribution in [2.24, 2.45) is 0 Å². The van der Waals surface area contributed by atoms with Gasteiger partial charge in [-0.3, -0.25) is 0 Å². The van der Waals surface area contributed by atoms with Crippen LogP contribution in [-0.2, 0) is 0 Å². The van der Waals surface area contributed by atoms with Crippen molar-refractivity contribution in [1.29, 1.82) is 0 Å². The Morgan fingerprint density at radius 3 is 2.65 bits per heavy atom. The Kier molecular flexibility index (Phi) is 3.09. The van der Waals surface area contributed by atoms with Crippen LogP contribution in [0.15, 0.2) is 54.9 Å². The highest BCUT2D eigenvalue weighted by molar-refractivity contribution is 5.77. The summed E-state index contributed by atoms with van der Waals surface area (Å²) < 4.78 is 7.01. The quantitative estimate of drug-likeness (QED) is 0.791. The van der Waals surface area contributed by atoms with Crippen LogP contribution in [-0.4, -0.2) is 21.9 Å². The molecule has 3 rings (SSSR count). The van der Waals surface area contributed by atoms with Crippen molar-refractivity contribution in [3.05, 3.63) is 54.9 Å². The molecular weight excluding hydrogens is 252 g/mol. The molecule has 0 saturated carbocycles. The van der Waals surface area contributed by atoms with Gasteiger partial charge in [0.05, 0.1) is 19.0 Å². The number of rotatable bonds is 3. The topological polar surface area (TPSA) is 66.0 Å². The number of aromatic nitrogens is 3. The molecule has 0 radical (unpaired) electrons. The van der Waals surface area contributed by atoms with Gasteiger partial charge in [0.1, 0.15) is 11.4 Å². The maximum absolute atomic E-state index is 6.07. The molecule has 2 aromatic heterocycles. The largest absolute Gasteiger partial charge is 0.496 e. The molecule has 1 aromatic carbocycles. The van der Waals surface area contributed by atoms with E-state index in [-0.39, 0.29) is 0 Å². The van der Waals surface area contributed by atoms with E-state index in [9.17, 15) is 0 Å². The molecule has 5 heteroatoms. The van der Waals surface area contributed by atoms with E-state index in [4.69, 9.17) is 10.5 Å². The molecule has 0 bridgehead atoms. The monoisotopic (exact) mass is 266 g/mol. The van der Waals surface area contributed by atoms with E-state index in [1.165, 1.54) is 0 Å². The van der Waals surface area contributed by atoms with E-state index in [1.807, 2.05) is 42.5 Å². The van der Waals surface area contributed by atoms with Crippen molar-refractivity contribution in [3.8, 4) is 22.8 Å². The minimum atomic E-state index is 0.583. The number of pyridine rings is 1. The average molecular weight is 266 g/mol. The SMILES string of the molecule is COc1ccccc1-c1nn(-c2ccccn2)cc1N. The molecule has 0 aliphatic heterocycles. The van der Waals surface area contributed by atoms with Gasteiger partial charge in [0.2, 0.25) is 0 Å². The lowest BCUT2D eigenvalue weighted by Gasteiger charge is -2.06. The second-order valence-electron chi connectivity index (χ2n) is 4.27. The van der Waals surface area contributed by atoms with Crippen LogP contribution >= 0.6 is 0 Å². The van der Waals surface area contributed by atoms with Gasteiger partial charge in [-0.1, -0.05) is 18.2 Å². The summed E-state index contributed by atoms with van der Waals surface area (Å²) in [5, 5.41) is 4.51. The second-order valence-corrected chi connectivity index (χ2v) is 4.27. The molecule has 3 aromatic rings. The number of ether oxygens (including phenoxy) is 1. The molecule has 0 aliphatic rings. The molecular formula is C15H14N4O. The van der Waals surface area contributed by atoms with Crippen LogP contribution in [0.2, 0.25) is 0 Å². The van der Waals surface area contributed by atoms with Crippen LogP contribution < -0.4 is 10.5 Å². The fourth-order valence-corrected chi connectivity index (χ4v) is 2.04. The van der Waals surface area contributed by atoms with Gasteiger partial charge >= 0.3 is 0 Å². The molecule has 0 atom stereocenters. The number of benzene rings is 1. The summed E-state index contributed by atoms with van der Waals surface area (Å²) in [4.78, 5) is 4.25. The Morgan fingerprint density at radius 1 is 1.10 bits per heavy atom. The van der Waals surface area contributed by atoms with Gasteiger partial charge in [-0.25, -0.2) is 9.67 Å². The zero-order valence-electron chi connectivity index (χ0n) is 11.0. The van der Waals surface area contributed by atoms with Gasteiger partial charge in [0.25, 0.3) is 0 Å². The molecule has 100 valence electrons. The van der Waals surface area contributed by atoms with E-state index >= 15 is 0 Å². The summed E-state index contributed by atoms with van der Waals surface area (Å²) in [5.41, 5.74) is 8.20. The van der Waals surface area contributed by atoms with Crippen molar-refractivity contribution in [2.75, 3.05) is 12.8 Å². The zero-order chi connectivity index (χ0) is 13.9. The normalized spacial score (nSPS) is 10.4. The maximum atomic E-state index is 6.07. The van der Waals surface area contributed by atoms with E-state index in [1.54, 1.807) is 24.2 Å². The van der Waals surface area contributed by atoms with Gasteiger partial charge in [-0.15, -0.1) is 0 Å². The molecule has 0 saturated heterocycles. The third-order valence-corrected chi connectivity index (χ3v) is 2.99. The fraction of sp³-hybridized carbons (Fsp3) is 0.0667. The van der Waals surface area contributed by atoms with Gasteiger partial charge in [-0.2, -0.15) is 5.10 Å². The Balaban J connectivity index is 2.10. The molecule has 0 aliphatic carbocycles. The summed E-state index contributed by atoms with van der Waals surface area (Å²) in [6.45, 7) is 0. The maximum Gasteiger partial charge on any atom is 0.153 e. The number of nitrogens with zero attached hydrogens (tertiary/aromatic N) is 3. The van der Waals surface area contributed by atoms with Crippen molar-refractivity contribution in [2.45, 2.75) is 0 Å². The molecule has 0 unspecified atom stereocenters. The molecule has 20 heavy (non-hydrogen) atoms. The van der Waals surface area contributed by atoms with Gasteiger partial charge < -0.3 is 10.5 Å². The Bertz CT molecular complexity index is 722. The van der Waals surface area contributed by atoms with Crippen molar-refractivity contribution in [3.63, 3.8) is 0 Å². The highest BCUT2D eigenvalue weighted by Crippen LogP contribution is 2.32. The minimum absolute atomic E-state index is 0.583. The first-order valence-electron chi connectivity index (χ1n) is 6.19. The molecule has 0 amide bonds. The first kappa shape index (κ1) is 12.2. The van der Waals surface area contributed by atoms with Crippen LogP contribution in [0.3, 0.4) is 0 Å². The van der Waals surface area contributed by atoms with Crippen LogP contribution in [0.25, 0.3) is 17.1 Å². The number of anilines is 1. The van der Waals surface area contributed by atoms with Crippen LogP contribution in [0.5, 0.6) is 5.75 Å². The lowest BCUT2D eigenvalue weighted by molar-refractivity contribution is 0.416. The van der Waals surface area contributed by atoms with Gasteiger partial charge in [0.15, 0.2) is 5.82 Å². The zero-order valence-corrected chi connectivity index (χ0v) is 11.0. The number of nitrogens with two attached hydrogens (primary N) is 1. The average Bonchev–Trinajstić information content (AvgIpc) is 2.90. The highest BCUT2D eigenvalue weighted by atomic mass is 16.5. The molecule has 0 fully saturated rings. The molecule has 5 nitrogen and oxygen atoms in total. The summed E-state index contributed by atoms with van der Waals surface area (Å²) in [6.07, 6.45) is 3.47. The predicted octanol–water partition coefficient (Wildman–Crippen LogP) is 2.53. The Labute approximate surface area is 116 Å². The van der Waals surface area contributed by atoms with E-state index < -0.39 is 0 Å². The van der Waals surface area contributed by atoms with Gasteiger partial charge in [-0.05, 0) is 24.3 Å². The highest BCUT2D eigenvalue weighted by Gasteiger charge is 2.13. The van der Waals surface area contributed by atoms with E-state index in [2.05, 4.69) is 10.1 Å². The molecule has 2 heterocycles. The van der Waals surface area contributed by atoms with Crippen molar-refractivity contribution in [1.82, 2.24) is 14.8 Å². The van der Waals surface area contributed by atoms with E-state index in [0.29, 0.717) is 11.4 Å². The van der Waals surface area contributed by atoms with E-state index in [0.717, 1.165) is 17.1 Å². The van der Waals surface area contributed by atoms with Crippen LogP contribution in [0, 0.1) is 0 Å². The number of para-hydroxylation sites is 1. The number of nitrogen functional groups attached to an aromatic ring is 1. The standard InChI is InChI=1S/C15H14N4O/c1-20-13-7-3-2-6-11(13)15-12(16)10-19(18-15)14-8-4-5-9-17-14/h2-10H,16H2,1H3. The van der Waals surface area contributed by atoms with Crippen LogP contribution in [0.1, 0.15) is 0 Å². The second kappa shape index (κ2) is 5.05. The first-order valence-corrected chi connectivity index (χ1v) is 6.19.